The first-order valence-electron chi connectivity index (χ1n) is 8.33. The van der Waals surface area contributed by atoms with Crippen molar-refractivity contribution in [3.63, 3.8) is 0 Å². The number of fused-ring (bicyclic) bond motifs is 1. The van der Waals surface area contributed by atoms with Crippen molar-refractivity contribution in [2.75, 3.05) is 19.6 Å². The lowest BCUT2D eigenvalue weighted by Gasteiger charge is -2.33. The molecule has 2 saturated heterocycles. The second-order valence-electron chi connectivity index (χ2n) is 6.90. The Labute approximate surface area is 113 Å². The van der Waals surface area contributed by atoms with Crippen molar-refractivity contribution in [1.82, 2.24) is 10.2 Å². The first-order valence-corrected chi connectivity index (χ1v) is 8.33. The zero-order valence-electron chi connectivity index (χ0n) is 12.0. The number of hydrogen-bond acceptors (Lipinski definition) is 2. The molecule has 2 heteroatoms. The van der Waals surface area contributed by atoms with E-state index in [1.165, 1.54) is 71.0 Å². The molecule has 2 aliphatic heterocycles. The fourth-order valence-corrected chi connectivity index (χ4v) is 4.46. The molecule has 0 amide bonds. The summed E-state index contributed by atoms with van der Waals surface area (Å²) < 4.78 is 0. The van der Waals surface area contributed by atoms with Gasteiger partial charge in [-0.1, -0.05) is 26.2 Å². The molecule has 0 spiro atoms. The molecule has 104 valence electrons. The molecular weight excluding hydrogens is 220 g/mol. The van der Waals surface area contributed by atoms with Crippen molar-refractivity contribution in [2.45, 2.75) is 70.4 Å². The highest BCUT2D eigenvalue weighted by atomic mass is 15.2. The van der Waals surface area contributed by atoms with Gasteiger partial charge in [0.2, 0.25) is 0 Å². The van der Waals surface area contributed by atoms with Crippen LogP contribution in [0.1, 0.15) is 58.3 Å². The topological polar surface area (TPSA) is 15.3 Å². The number of nitrogens with zero attached hydrogens (tertiary/aromatic N) is 1. The monoisotopic (exact) mass is 250 g/mol. The maximum Gasteiger partial charge on any atom is 0.0200 e. The summed E-state index contributed by atoms with van der Waals surface area (Å²) in [6, 6.07) is 1.67. The largest absolute Gasteiger partial charge is 0.310 e. The Kier molecular flexibility index (Phi) is 4.25. The van der Waals surface area contributed by atoms with Gasteiger partial charge >= 0.3 is 0 Å². The molecule has 1 N–H and O–H groups in total. The van der Waals surface area contributed by atoms with E-state index < -0.39 is 0 Å². The smallest absolute Gasteiger partial charge is 0.0200 e. The van der Waals surface area contributed by atoms with E-state index in [9.17, 15) is 0 Å². The Hall–Kier alpha value is -0.0800. The van der Waals surface area contributed by atoms with Crippen molar-refractivity contribution in [3.8, 4) is 0 Å². The van der Waals surface area contributed by atoms with E-state index in [0.717, 1.165) is 23.9 Å². The Morgan fingerprint density at radius 1 is 1.06 bits per heavy atom. The van der Waals surface area contributed by atoms with Crippen LogP contribution in [-0.4, -0.2) is 36.6 Å². The van der Waals surface area contributed by atoms with E-state index in [-0.39, 0.29) is 0 Å². The van der Waals surface area contributed by atoms with Crippen LogP contribution in [0.2, 0.25) is 0 Å². The van der Waals surface area contributed by atoms with Crippen molar-refractivity contribution >= 4 is 0 Å². The second-order valence-corrected chi connectivity index (χ2v) is 6.90. The number of likely N-dealkylation sites (tertiary alicyclic amines) is 1. The molecule has 3 unspecified atom stereocenters. The van der Waals surface area contributed by atoms with Crippen LogP contribution in [0.3, 0.4) is 0 Å². The molecule has 0 radical (unpaired) electrons. The quantitative estimate of drug-likeness (QED) is 0.828. The molecule has 1 aliphatic carbocycles. The summed E-state index contributed by atoms with van der Waals surface area (Å²) in [4.78, 5) is 2.72. The van der Waals surface area contributed by atoms with Gasteiger partial charge in [0.15, 0.2) is 0 Å². The van der Waals surface area contributed by atoms with Crippen molar-refractivity contribution in [1.29, 1.82) is 0 Å². The zero-order valence-corrected chi connectivity index (χ0v) is 12.0. The normalized spacial score (nSPS) is 38.8. The molecule has 2 nitrogen and oxygen atoms in total. The van der Waals surface area contributed by atoms with Crippen molar-refractivity contribution in [3.05, 3.63) is 0 Å². The highest BCUT2D eigenvalue weighted by molar-refractivity contribution is 4.94. The zero-order chi connectivity index (χ0) is 12.4. The van der Waals surface area contributed by atoms with Gasteiger partial charge in [0.1, 0.15) is 0 Å². The lowest BCUT2D eigenvalue weighted by molar-refractivity contribution is 0.168. The van der Waals surface area contributed by atoms with Crippen LogP contribution in [0.4, 0.5) is 0 Å². The fraction of sp³-hybridized carbons (Fsp3) is 1.00. The lowest BCUT2D eigenvalue weighted by atomic mass is 9.85. The molecule has 0 aromatic carbocycles. The molecule has 0 aromatic heterocycles. The van der Waals surface area contributed by atoms with Gasteiger partial charge < -0.3 is 10.2 Å². The SMILES string of the molecule is CCC1CCN(CC2CC3CCCCC3N2)CC1. The number of piperidine rings is 1. The van der Waals surface area contributed by atoms with Crippen LogP contribution in [0.5, 0.6) is 0 Å². The molecule has 1 saturated carbocycles. The van der Waals surface area contributed by atoms with Crippen LogP contribution in [-0.2, 0) is 0 Å². The maximum absolute atomic E-state index is 3.92. The Morgan fingerprint density at radius 2 is 1.83 bits per heavy atom. The van der Waals surface area contributed by atoms with Crippen LogP contribution < -0.4 is 5.32 Å². The van der Waals surface area contributed by atoms with Gasteiger partial charge in [-0.15, -0.1) is 0 Å². The highest BCUT2D eigenvalue weighted by Crippen LogP contribution is 2.33. The standard InChI is InChI=1S/C16H30N2/c1-2-13-7-9-18(10-8-13)12-15-11-14-5-3-4-6-16(14)17-15/h13-17H,2-12H2,1H3. The summed E-state index contributed by atoms with van der Waals surface area (Å²) in [6.45, 7) is 6.38. The summed E-state index contributed by atoms with van der Waals surface area (Å²) in [5, 5.41) is 3.92. The molecule has 3 fully saturated rings. The molecule has 3 aliphatic rings. The summed E-state index contributed by atoms with van der Waals surface area (Å²) in [5.41, 5.74) is 0. The molecule has 18 heavy (non-hydrogen) atoms. The predicted molar refractivity (Wildman–Crippen MR) is 76.7 cm³/mol. The average molecular weight is 250 g/mol. The molecule has 2 heterocycles. The van der Waals surface area contributed by atoms with Gasteiger partial charge in [0, 0.05) is 18.6 Å². The van der Waals surface area contributed by atoms with Gasteiger partial charge in [-0.3, -0.25) is 0 Å². The third kappa shape index (κ3) is 2.91. The van der Waals surface area contributed by atoms with Crippen LogP contribution in [0, 0.1) is 11.8 Å². The van der Waals surface area contributed by atoms with E-state index in [1.807, 2.05) is 0 Å². The summed E-state index contributed by atoms with van der Waals surface area (Å²) in [7, 11) is 0. The second kappa shape index (κ2) is 5.92. The number of rotatable bonds is 3. The Balaban J connectivity index is 1.44. The van der Waals surface area contributed by atoms with E-state index >= 15 is 0 Å². The van der Waals surface area contributed by atoms with Crippen LogP contribution in [0.15, 0.2) is 0 Å². The van der Waals surface area contributed by atoms with E-state index in [0.29, 0.717) is 0 Å². The van der Waals surface area contributed by atoms with Gasteiger partial charge in [0.25, 0.3) is 0 Å². The van der Waals surface area contributed by atoms with Gasteiger partial charge in [-0.05, 0) is 57.0 Å². The third-order valence-electron chi connectivity index (χ3n) is 5.71. The van der Waals surface area contributed by atoms with Crippen molar-refractivity contribution < 1.29 is 0 Å². The molecule has 3 rings (SSSR count). The summed E-state index contributed by atoms with van der Waals surface area (Å²) >= 11 is 0. The predicted octanol–water partition coefficient (Wildman–Crippen LogP) is 3.03. The average Bonchev–Trinajstić information content (AvgIpc) is 2.82. The lowest BCUT2D eigenvalue weighted by Crippen LogP contribution is -2.43. The fourth-order valence-electron chi connectivity index (χ4n) is 4.46. The van der Waals surface area contributed by atoms with Crippen LogP contribution >= 0.6 is 0 Å². The number of nitrogens with one attached hydrogen (secondary N) is 1. The van der Waals surface area contributed by atoms with E-state index in [1.54, 1.807) is 0 Å². The van der Waals surface area contributed by atoms with E-state index in [2.05, 4.69) is 17.1 Å². The molecule has 3 atom stereocenters. The first-order chi connectivity index (χ1) is 8.85. The van der Waals surface area contributed by atoms with Crippen LogP contribution in [0.25, 0.3) is 0 Å². The minimum atomic E-state index is 0.802. The van der Waals surface area contributed by atoms with Gasteiger partial charge in [-0.2, -0.15) is 0 Å². The summed E-state index contributed by atoms with van der Waals surface area (Å²) in [5.74, 6) is 2.03. The molecule has 0 bridgehead atoms. The molecular formula is C16H30N2. The molecule has 0 aromatic rings. The summed E-state index contributed by atoms with van der Waals surface area (Å²) in [6.07, 6.45) is 11.6. The Bertz CT molecular complexity index is 244. The Morgan fingerprint density at radius 3 is 2.56 bits per heavy atom. The van der Waals surface area contributed by atoms with Crippen molar-refractivity contribution in [2.24, 2.45) is 11.8 Å². The maximum atomic E-state index is 3.92. The minimum Gasteiger partial charge on any atom is -0.310 e. The van der Waals surface area contributed by atoms with E-state index in [4.69, 9.17) is 0 Å². The first kappa shape index (κ1) is 12.9. The number of hydrogen-bond donors (Lipinski definition) is 1. The minimum absolute atomic E-state index is 0.802. The highest BCUT2D eigenvalue weighted by Gasteiger charge is 2.35. The van der Waals surface area contributed by atoms with Gasteiger partial charge in [0.05, 0.1) is 0 Å². The third-order valence-corrected chi connectivity index (χ3v) is 5.71. The van der Waals surface area contributed by atoms with Gasteiger partial charge in [-0.25, -0.2) is 0 Å².